The summed E-state index contributed by atoms with van der Waals surface area (Å²) >= 11 is 5.85. The SMILES string of the molecule is Brc1cc(C=Nc2cccc(I)c2)oc1N1CCCC1. The quantitative estimate of drug-likeness (QED) is 0.492. The molecule has 0 aliphatic carbocycles. The van der Waals surface area contributed by atoms with Crippen molar-refractivity contribution in [1.82, 2.24) is 0 Å². The largest absolute Gasteiger partial charge is 0.438 e. The third-order valence-electron chi connectivity index (χ3n) is 3.23. The molecule has 0 spiro atoms. The van der Waals surface area contributed by atoms with E-state index in [-0.39, 0.29) is 0 Å². The molecule has 3 rings (SSSR count). The van der Waals surface area contributed by atoms with E-state index in [0.717, 1.165) is 34.9 Å². The van der Waals surface area contributed by atoms with Crippen molar-refractivity contribution in [3.8, 4) is 0 Å². The Labute approximate surface area is 140 Å². The van der Waals surface area contributed by atoms with E-state index in [4.69, 9.17) is 4.42 Å². The summed E-state index contributed by atoms with van der Waals surface area (Å²) in [7, 11) is 0. The zero-order valence-corrected chi connectivity index (χ0v) is 14.6. The van der Waals surface area contributed by atoms with Gasteiger partial charge >= 0.3 is 0 Å². The molecule has 1 aromatic heterocycles. The summed E-state index contributed by atoms with van der Waals surface area (Å²) in [6, 6.07) is 10.1. The lowest BCUT2D eigenvalue weighted by atomic mass is 10.3. The Hall–Kier alpha value is -0.820. The van der Waals surface area contributed by atoms with Crippen molar-refractivity contribution in [2.45, 2.75) is 12.8 Å². The highest BCUT2D eigenvalue weighted by atomic mass is 127. The summed E-state index contributed by atoms with van der Waals surface area (Å²) in [6.45, 7) is 2.14. The van der Waals surface area contributed by atoms with Crippen LogP contribution in [0.2, 0.25) is 0 Å². The maximum Gasteiger partial charge on any atom is 0.210 e. The molecule has 1 fully saturated rings. The summed E-state index contributed by atoms with van der Waals surface area (Å²) < 4.78 is 8.06. The third kappa shape index (κ3) is 3.25. The van der Waals surface area contributed by atoms with Gasteiger partial charge in [-0.2, -0.15) is 0 Å². The first kappa shape index (κ1) is 14.1. The molecule has 5 heteroatoms. The van der Waals surface area contributed by atoms with E-state index in [0.29, 0.717) is 0 Å². The van der Waals surface area contributed by atoms with Crippen LogP contribution in [0.1, 0.15) is 18.6 Å². The number of rotatable bonds is 3. The lowest BCUT2D eigenvalue weighted by molar-refractivity contribution is 0.549. The highest BCUT2D eigenvalue weighted by Crippen LogP contribution is 2.32. The molecule has 20 heavy (non-hydrogen) atoms. The predicted octanol–water partition coefficient (Wildman–Crippen LogP) is 5.00. The fraction of sp³-hybridized carbons (Fsp3) is 0.267. The van der Waals surface area contributed by atoms with Crippen LogP contribution in [0, 0.1) is 3.57 Å². The first-order valence-corrected chi connectivity index (χ1v) is 8.43. The molecule has 1 saturated heterocycles. The topological polar surface area (TPSA) is 28.7 Å². The van der Waals surface area contributed by atoms with E-state index in [2.05, 4.69) is 54.5 Å². The van der Waals surface area contributed by atoms with Gasteiger partial charge in [0.15, 0.2) is 0 Å². The summed E-state index contributed by atoms with van der Waals surface area (Å²) in [6.07, 6.45) is 4.24. The first-order chi connectivity index (χ1) is 9.72. The highest BCUT2D eigenvalue weighted by molar-refractivity contribution is 14.1. The van der Waals surface area contributed by atoms with E-state index in [1.807, 2.05) is 24.3 Å². The number of anilines is 1. The molecule has 1 aliphatic heterocycles. The Bertz CT molecular complexity index is 633. The molecule has 0 amide bonds. The van der Waals surface area contributed by atoms with E-state index >= 15 is 0 Å². The molecule has 0 radical (unpaired) electrons. The second-order valence-corrected chi connectivity index (χ2v) is 6.83. The van der Waals surface area contributed by atoms with Gasteiger partial charge in [0, 0.05) is 22.7 Å². The number of nitrogens with zero attached hydrogens (tertiary/aromatic N) is 2. The van der Waals surface area contributed by atoms with Crippen LogP contribution in [-0.2, 0) is 0 Å². The lowest BCUT2D eigenvalue weighted by Gasteiger charge is -2.13. The molecular formula is C15H14BrIN2O. The summed E-state index contributed by atoms with van der Waals surface area (Å²) in [4.78, 5) is 6.73. The Morgan fingerprint density at radius 3 is 2.80 bits per heavy atom. The molecule has 2 heterocycles. The van der Waals surface area contributed by atoms with Crippen molar-refractivity contribution >= 4 is 56.3 Å². The molecule has 2 aromatic rings. The normalized spacial score (nSPS) is 15.4. The van der Waals surface area contributed by atoms with Crippen molar-refractivity contribution in [2.24, 2.45) is 4.99 Å². The van der Waals surface area contributed by atoms with Crippen LogP contribution in [0.4, 0.5) is 11.6 Å². The van der Waals surface area contributed by atoms with Crippen LogP contribution in [0.15, 0.2) is 44.2 Å². The summed E-state index contributed by atoms with van der Waals surface area (Å²) in [5, 5.41) is 0. The second-order valence-electron chi connectivity index (χ2n) is 4.73. The van der Waals surface area contributed by atoms with Gasteiger partial charge in [-0.15, -0.1) is 0 Å². The van der Waals surface area contributed by atoms with Crippen LogP contribution < -0.4 is 4.90 Å². The van der Waals surface area contributed by atoms with Gasteiger partial charge in [-0.05, 0) is 69.6 Å². The number of halogens is 2. The van der Waals surface area contributed by atoms with Crippen LogP contribution in [0.3, 0.4) is 0 Å². The number of benzene rings is 1. The molecule has 1 aliphatic rings. The monoisotopic (exact) mass is 444 g/mol. The van der Waals surface area contributed by atoms with E-state index in [1.54, 1.807) is 6.21 Å². The molecule has 0 bridgehead atoms. The fourth-order valence-corrected chi connectivity index (χ4v) is 3.35. The maximum atomic E-state index is 5.88. The maximum absolute atomic E-state index is 5.88. The minimum atomic E-state index is 0.776. The van der Waals surface area contributed by atoms with Crippen LogP contribution in [0.25, 0.3) is 0 Å². The zero-order chi connectivity index (χ0) is 13.9. The zero-order valence-electron chi connectivity index (χ0n) is 10.9. The number of hydrogen-bond donors (Lipinski definition) is 0. The van der Waals surface area contributed by atoms with Crippen molar-refractivity contribution < 1.29 is 4.42 Å². The van der Waals surface area contributed by atoms with Crippen molar-refractivity contribution in [1.29, 1.82) is 0 Å². The fourth-order valence-electron chi connectivity index (χ4n) is 2.27. The molecule has 0 saturated carbocycles. The molecule has 0 N–H and O–H groups in total. The average molecular weight is 445 g/mol. The molecule has 104 valence electrons. The average Bonchev–Trinajstić information content (AvgIpc) is 3.05. The van der Waals surface area contributed by atoms with Crippen LogP contribution in [-0.4, -0.2) is 19.3 Å². The number of aliphatic imine (C=N–C) groups is 1. The smallest absolute Gasteiger partial charge is 0.210 e. The second kappa shape index (κ2) is 6.30. The van der Waals surface area contributed by atoms with Gasteiger partial charge in [-0.1, -0.05) is 6.07 Å². The first-order valence-electron chi connectivity index (χ1n) is 6.56. The number of hydrogen-bond acceptors (Lipinski definition) is 3. The van der Waals surface area contributed by atoms with Gasteiger partial charge in [-0.3, -0.25) is 4.99 Å². The Kier molecular flexibility index (Phi) is 4.45. The Balaban J connectivity index is 1.79. The highest BCUT2D eigenvalue weighted by Gasteiger charge is 2.19. The Morgan fingerprint density at radius 2 is 2.05 bits per heavy atom. The van der Waals surface area contributed by atoms with Gasteiger partial charge in [0.1, 0.15) is 5.76 Å². The van der Waals surface area contributed by atoms with Crippen molar-refractivity contribution in [3.05, 3.63) is 44.1 Å². The molecular weight excluding hydrogens is 431 g/mol. The molecule has 1 aromatic carbocycles. The van der Waals surface area contributed by atoms with E-state index < -0.39 is 0 Å². The van der Waals surface area contributed by atoms with Crippen LogP contribution in [0.5, 0.6) is 0 Å². The third-order valence-corrected chi connectivity index (χ3v) is 4.47. The predicted molar refractivity (Wildman–Crippen MR) is 94.3 cm³/mol. The summed E-state index contributed by atoms with van der Waals surface area (Å²) in [5.74, 6) is 1.70. The van der Waals surface area contributed by atoms with Gasteiger partial charge in [0.25, 0.3) is 0 Å². The minimum absolute atomic E-state index is 0.776. The van der Waals surface area contributed by atoms with Gasteiger partial charge in [0.2, 0.25) is 5.88 Å². The van der Waals surface area contributed by atoms with Gasteiger partial charge in [0.05, 0.1) is 16.4 Å². The standard InChI is InChI=1S/C15H14BrIN2O/c16-14-9-13(20-15(14)19-6-1-2-7-19)10-18-12-5-3-4-11(17)8-12/h3-5,8-10H,1-2,6-7H2. The number of furan rings is 1. The molecule has 3 nitrogen and oxygen atoms in total. The van der Waals surface area contributed by atoms with Gasteiger partial charge in [-0.25, -0.2) is 0 Å². The minimum Gasteiger partial charge on any atom is -0.438 e. The van der Waals surface area contributed by atoms with E-state index in [1.165, 1.54) is 16.4 Å². The van der Waals surface area contributed by atoms with E-state index in [9.17, 15) is 0 Å². The van der Waals surface area contributed by atoms with Crippen molar-refractivity contribution in [3.63, 3.8) is 0 Å². The summed E-state index contributed by atoms with van der Waals surface area (Å²) in [5.41, 5.74) is 0.937. The molecule has 0 unspecified atom stereocenters. The van der Waals surface area contributed by atoms with Gasteiger partial charge < -0.3 is 9.32 Å². The lowest BCUT2D eigenvalue weighted by Crippen LogP contribution is -2.17. The van der Waals surface area contributed by atoms with Crippen LogP contribution >= 0.6 is 38.5 Å². The van der Waals surface area contributed by atoms with Crippen molar-refractivity contribution in [2.75, 3.05) is 18.0 Å². The molecule has 0 atom stereocenters. The Morgan fingerprint density at radius 1 is 1.25 bits per heavy atom.